The minimum Gasteiger partial charge on any atom is -0.461 e. The summed E-state index contributed by atoms with van der Waals surface area (Å²) in [6, 6.07) is 19.2. The predicted octanol–water partition coefficient (Wildman–Crippen LogP) is 4.03. The molecule has 0 spiro atoms. The van der Waals surface area contributed by atoms with Crippen LogP contribution in [0.4, 0.5) is 0 Å². The molecule has 3 heterocycles. The summed E-state index contributed by atoms with van der Waals surface area (Å²) in [5, 5.41) is 9.62. The number of piperazine rings is 1. The van der Waals surface area contributed by atoms with E-state index in [0.29, 0.717) is 6.04 Å². The fourth-order valence-electron chi connectivity index (χ4n) is 4.30. The molecule has 5 nitrogen and oxygen atoms in total. The van der Waals surface area contributed by atoms with Gasteiger partial charge in [-0.2, -0.15) is 0 Å². The summed E-state index contributed by atoms with van der Waals surface area (Å²) >= 11 is 0. The number of nitrogens with zero attached hydrogens (tertiary/aromatic N) is 3. The highest BCUT2D eigenvalue weighted by molar-refractivity contribution is 5.58. The van der Waals surface area contributed by atoms with Crippen LogP contribution in [-0.4, -0.2) is 52.2 Å². The van der Waals surface area contributed by atoms with E-state index in [4.69, 9.17) is 4.42 Å². The first-order valence-electron chi connectivity index (χ1n) is 10.8. The second-order valence-electron chi connectivity index (χ2n) is 8.25. The average Bonchev–Trinajstić information content (AvgIpc) is 3.17. The van der Waals surface area contributed by atoms with Crippen LogP contribution in [0, 0.1) is 13.8 Å². The van der Waals surface area contributed by atoms with Gasteiger partial charge in [0.25, 0.3) is 0 Å². The quantitative estimate of drug-likeness (QED) is 0.643. The van der Waals surface area contributed by atoms with E-state index in [1.807, 2.05) is 32.0 Å². The molecule has 30 heavy (non-hydrogen) atoms. The van der Waals surface area contributed by atoms with Gasteiger partial charge in [0.15, 0.2) is 0 Å². The summed E-state index contributed by atoms with van der Waals surface area (Å²) in [6.45, 7) is 8.92. The highest BCUT2D eigenvalue weighted by Crippen LogP contribution is 2.24. The number of pyridine rings is 1. The van der Waals surface area contributed by atoms with Crippen molar-refractivity contribution in [1.29, 1.82) is 0 Å². The first-order valence-corrected chi connectivity index (χ1v) is 10.8. The lowest BCUT2D eigenvalue weighted by Crippen LogP contribution is -2.52. The fourth-order valence-corrected chi connectivity index (χ4v) is 4.30. The van der Waals surface area contributed by atoms with Crippen molar-refractivity contribution in [1.82, 2.24) is 14.8 Å². The summed E-state index contributed by atoms with van der Waals surface area (Å²) in [5.74, 6) is 1.85. The molecule has 0 bridgehead atoms. The largest absolute Gasteiger partial charge is 0.461 e. The Morgan fingerprint density at radius 1 is 1.03 bits per heavy atom. The molecule has 1 saturated heterocycles. The molecule has 4 rings (SSSR count). The third kappa shape index (κ3) is 5.17. The highest BCUT2D eigenvalue weighted by Gasteiger charge is 2.27. The zero-order chi connectivity index (χ0) is 20.9. The van der Waals surface area contributed by atoms with E-state index in [2.05, 4.69) is 51.2 Å². The number of rotatable bonds is 7. The third-order valence-corrected chi connectivity index (χ3v) is 5.82. The van der Waals surface area contributed by atoms with Crippen molar-refractivity contribution < 1.29 is 9.52 Å². The molecule has 1 aliphatic heterocycles. The molecule has 0 radical (unpaired) electrons. The van der Waals surface area contributed by atoms with Crippen LogP contribution in [0.5, 0.6) is 0 Å². The van der Waals surface area contributed by atoms with E-state index in [0.717, 1.165) is 67.6 Å². The number of aliphatic hydroxyl groups is 1. The van der Waals surface area contributed by atoms with E-state index in [1.165, 1.54) is 5.56 Å². The summed E-state index contributed by atoms with van der Waals surface area (Å²) in [7, 11) is 0. The third-order valence-electron chi connectivity index (χ3n) is 5.82. The van der Waals surface area contributed by atoms with Crippen molar-refractivity contribution in [2.45, 2.75) is 39.4 Å². The number of hydrogen-bond donors (Lipinski definition) is 1. The minimum atomic E-state index is 0.212. The maximum atomic E-state index is 9.62. The van der Waals surface area contributed by atoms with E-state index >= 15 is 0 Å². The SMILES string of the molecule is Cc1cccc(CN2CCN(Cc3cccc(-c4ccc(C)o4)c3)C[C@H]2CCO)n1. The highest BCUT2D eigenvalue weighted by atomic mass is 16.3. The Bertz CT molecular complexity index is 968. The molecule has 1 N–H and O–H groups in total. The lowest BCUT2D eigenvalue weighted by molar-refractivity contribution is 0.0491. The summed E-state index contributed by atoms with van der Waals surface area (Å²) in [5.41, 5.74) is 4.57. The molecule has 5 heteroatoms. The van der Waals surface area contributed by atoms with Gasteiger partial charge in [-0.1, -0.05) is 24.3 Å². The predicted molar refractivity (Wildman–Crippen MR) is 119 cm³/mol. The number of furan rings is 1. The van der Waals surface area contributed by atoms with Crippen LogP contribution in [-0.2, 0) is 13.1 Å². The van der Waals surface area contributed by atoms with Crippen molar-refractivity contribution in [2.75, 3.05) is 26.2 Å². The molecule has 0 unspecified atom stereocenters. The van der Waals surface area contributed by atoms with Gasteiger partial charge in [-0.3, -0.25) is 14.8 Å². The molecule has 0 aliphatic carbocycles. The molecular formula is C25H31N3O2. The molecule has 1 aromatic carbocycles. The van der Waals surface area contributed by atoms with Crippen LogP contribution in [0.25, 0.3) is 11.3 Å². The van der Waals surface area contributed by atoms with Gasteiger partial charge in [-0.25, -0.2) is 0 Å². The first kappa shape index (κ1) is 20.8. The van der Waals surface area contributed by atoms with Gasteiger partial charge in [0.05, 0.1) is 5.69 Å². The van der Waals surface area contributed by atoms with Gasteiger partial charge < -0.3 is 9.52 Å². The van der Waals surface area contributed by atoms with Crippen molar-refractivity contribution in [3.63, 3.8) is 0 Å². The van der Waals surface area contributed by atoms with Crippen molar-refractivity contribution in [2.24, 2.45) is 0 Å². The van der Waals surface area contributed by atoms with E-state index in [-0.39, 0.29) is 6.61 Å². The van der Waals surface area contributed by atoms with Crippen molar-refractivity contribution >= 4 is 0 Å². The van der Waals surface area contributed by atoms with Gasteiger partial charge >= 0.3 is 0 Å². The van der Waals surface area contributed by atoms with E-state index in [9.17, 15) is 5.11 Å². The Kier molecular flexibility index (Phi) is 6.62. The van der Waals surface area contributed by atoms with Crippen molar-refractivity contribution in [3.8, 4) is 11.3 Å². The normalized spacial score (nSPS) is 18.0. The monoisotopic (exact) mass is 405 g/mol. The Balaban J connectivity index is 1.42. The van der Waals surface area contributed by atoms with Gasteiger partial charge in [0.1, 0.15) is 11.5 Å². The van der Waals surface area contributed by atoms with Crippen LogP contribution in [0.3, 0.4) is 0 Å². The number of aryl methyl sites for hydroxylation is 2. The maximum Gasteiger partial charge on any atom is 0.134 e. The van der Waals surface area contributed by atoms with Gasteiger partial charge in [-0.05, 0) is 56.2 Å². The van der Waals surface area contributed by atoms with E-state index in [1.54, 1.807) is 0 Å². The van der Waals surface area contributed by atoms with Crippen LogP contribution in [0.15, 0.2) is 59.0 Å². The van der Waals surface area contributed by atoms with Crippen LogP contribution in [0.1, 0.15) is 29.1 Å². The Morgan fingerprint density at radius 2 is 1.90 bits per heavy atom. The van der Waals surface area contributed by atoms with Crippen LogP contribution < -0.4 is 0 Å². The first-order chi connectivity index (χ1) is 14.6. The van der Waals surface area contributed by atoms with Crippen molar-refractivity contribution in [3.05, 3.63) is 77.3 Å². The molecule has 0 saturated carbocycles. The van der Waals surface area contributed by atoms with Gasteiger partial charge in [0.2, 0.25) is 0 Å². The molecule has 1 fully saturated rings. The Labute approximate surface area is 179 Å². The number of aliphatic hydroxyl groups excluding tert-OH is 1. The molecule has 1 aliphatic rings. The van der Waals surface area contributed by atoms with E-state index < -0.39 is 0 Å². The average molecular weight is 406 g/mol. The summed E-state index contributed by atoms with van der Waals surface area (Å²) < 4.78 is 5.79. The summed E-state index contributed by atoms with van der Waals surface area (Å²) in [6.07, 6.45) is 0.786. The van der Waals surface area contributed by atoms with Crippen LogP contribution >= 0.6 is 0 Å². The standard InChI is InChI=1S/C25H31N3O2/c1-19-5-3-8-23(26-19)17-28-13-12-27(18-24(28)11-14-29)16-21-6-4-7-22(15-21)25-10-9-20(2)30-25/h3-10,15,24,29H,11-14,16-18H2,1-2H3/t24-/m1/s1. The smallest absolute Gasteiger partial charge is 0.134 e. The van der Waals surface area contributed by atoms with Gasteiger partial charge in [-0.15, -0.1) is 0 Å². The lowest BCUT2D eigenvalue weighted by atomic mass is 10.1. The van der Waals surface area contributed by atoms with Crippen LogP contribution in [0.2, 0.25) is 0 Å². The molecule has 3 aromatic rings. The molecular weight excluding hydrogens is 374 g/mol. The number of aromatic nitrogens is 1. The second-order valence-corrected chi connectivity index (χ2v) is 8.25. The zero-order valence-electron chi connectivity index (χ0n) is 17.9. The minimum absolute atomic E-state index is 0.212. The fraction of sp³-hybridized carbons (Fsp3) is 0.400. The molecule has 158 valence electrons. The summed E-state index contributed by atoms with van der Waals surface area (Å²) in [4.78, 5) is 9.62. The molecule has 2 aromatic heterocycles. The van der Waals surface area contributed by atoms with Gasteiger partial charge in [0, 0.05) is 56.6 Å². The Hall–Kier alpha value is -2.47. The Morgan fingerprint density at radius 3 is 2.67 bits per heavy atom. The zero-order valence-corrected chi connectivity index (χ0v) is 17.9. The number of benzene rings is 1. The molecule has 0 amide bonds. The topological polar surface area (TPSA) is 52.7 Å². The number of hydrogen-bond acceptors (Lipinski definition) is 5. The second kappa shape index (κ2) is 9.56. The maximum absolute atomic E-state index is 9.62. The molecule has 1 atom stereocenters. The lowest BCUT2D eigenvalue weighted by Gasteiger charge is -2.41.